The molecule has 1 rings (SSSR count). The first kappa shape index (κ1) is 13.4. The Balaban J connectivity index is 2.90. The molecule has 4 N–H and O–H groups in total. The highest BCUT2D eigenvalue weighted by atomic mass is 32.1. The lowest BCUT2D eigenvalue weighted by molar-refractivity contribution is -0.124. The maximum absolute atomic E-state index is 13.5. The number of benzene rings is 1. The second-order valence-electron chi connectivity index (χ2n) is 3.42. The predicted octanol–water partition coefficient (Wildman–Crippen LogP) is 1.10. The Kier molecular flexibility index (Phi) is 4.39. The third kappa shape index (κ3) is 3.39. The second-order valence-corrected chi connectivity index (χ2v) is 3.86. The van der Waals surface area contributed by atoms with E-state index in [2.05, 4.69) is 12.2 Å². The van der Waals surface area contributed by atoms with Crippen LogP contribution < -0.4 is 16.2 Å². The highest BCUT2D eigenvalue weighted by Crippen LogP contribution is 2.18. The molecule has 0 fully saturated rings. The highest BCUT2D eigenvalue weighted by molar-refractivity contribution is 7.80. The maximum Gasteiger partial charge on any atom is 0.258 e. The molecule has 0 radical (unpaired) electrons. The molecule has 1 amide bonds. The highest BCUT2D eigenvalue weighted by Gasteiger charge is 2.15. The van der Waals surface area contributed by atoms with Crippen molar-refractivity contribution in [3.05, 3.63) is 29.6 Å². The van der Waals surface area contributed by atoms with E-state index in [9.17, 15) is 9.18 Å². The van der Waals surface area contributed by atoms with Gasteiger partial charge in [-0.1, -0.05) is 19.1 Å². The second kappa shape index (κ2) is 5.58. The number of thiocarbonyl (C=S) groups is 1. The van der Waals surface area contributed by atoms with Crippen LogP contribution in [0.2, 0.25) is 0 Å². The summed E-state index contributed by atoms with van der Waals surface area (Å²) in [6, 6.07) is 4.02. The van der Waals surface area contributed by atoms with Crippen LogP contribution in [-0.2, 0) is 4.79 Å². The summed E-state index contributed by atoms with van der Waals surface area (Å²) in [6.45, 7) is 1.75. The number of carbonyl (C=O) groups excluding carboxylic acids is 1. The number of hydrogen-bond donors (Lipinski definition) is 2. The Morgan fingerprint density at radius 1 is 1.53 bits per heavy atom. The Morgan fingerprint density at radius 2 is 2.18 bits per heavy atom. The van der Waals surface area contributed by atoms with Gasteiger partial charge in [-0.2, -0.15) is 0 Å². The van der Waals surface area contributed by atoms with Gasteiger partial charge in [0.15, 0.2) is 6.10 Å². The van der Waals surface area contributed by atoms with Crippen LogP contribution >= 0.6 is 12.2 Å². The molecule has 1 unspecified atom stereocenters. The smallest absolute Gasteiger partial charge is 0.258 e. The minimum absolute atomic E-state index is 0.0315. The quantitative estimate of drug-likeness (QED) is 0.773. The van der Waals surface area contributed by atoms with E-state index < -0.39 is 17.8 Å². The van der Waals surface area contributed by atoms with E-state index in [1.165, 1.54) is 12.1 Å². The zero-order valence-electron chi connectivity index (χ0n) is 9.27. The van der Waals surface area contributed by atoms with Crippen LogP contribution in [0.4, 0.5) is 4.39 Å². The lowest BCUT2D eigenvalue weighted by atomic mass is 10.2. The fourth-order valence-electron chi connectivity index (χ4n) is 1.28. The van der Waals surface area contributed by atoms with Crippen LogP contribution in [0.25, 0.3) is 0 Å². The SMILES string of the molecule is CCC(Oc1ccc(C(N)=S)c(F)c1)C(N)=O. The van der Waals surface area contributed by atoms with E-state index in [1.54, 1.807) is 6.92 Å². The van der Waals surface area contributed by atoms with Crippen molar-refractivity contribution in [2.45, 2.75) is 19.4 Å². The molecule has 92 valence electrons. The van der Waals surface area contributed by atoms with Gasteiger partial charge in [0, 0.05) is 11.6 Å². The van der Waals surface area contributed by atoms with Crippen molar-refractivity contribution >= 4 is 23.1 Å². The van der Waals surface area contributed by atoms with E-state index >= 15 is 0 Å². The summed E-state index contributed by atoms with van der Waals surface area (Å²) in [5, 5.41) is 0. The van der Waals surface area contributed by atoms with Gasteiger partial charge in [0.2, 0.25) is 0 Å². The van der Waals surface area contributed by atoms with Crippen molar-refractivity contribution in [1.29, 1.82) is 0 Å². The molecule has 0 saturated carbocycles. The third-order valence-electron chi connectivity index (χ3n) is 2.17. The maximum atomic E-state index is 13.5. The lowest BCUT2D eigenvalue weighted by Gasteiger charge is -2.14. The first-order valence-electron chi connectivity index (χ1n) is 5.01. The number of nitrogens with two attached hydrogens (primary N) is 2. The molecule has 0 aliphatic carbocycles. The average Bonchev–Trinajstić information content (AvgIpc) is 2.24. The van der Waals surface area contributed by atoms with Gasteiger partial charge in [-0.15, -0.1) is 0 Å². The van der Waals surface area contributed by atoms with Gasteiger partial charge in [-0.25, -0.2) is 4.39 Å². The van der Waals surface area contributed by atoms with Crippen molar-refractivity contribution < 1.29 is 13.9 Å². The van der Waals surface area contributed by atoms with Crippen LogP contribution in [0.1, 0.15) is 18.9 Å². The molecule has 17 heavy (non-hydrogen) atoms. The zero-order valence-corrected chi connectivity index (χ0v) is 10.1. The molecular weight excluding hydrogens is 243 g/mol. The van der Waals surface area contributed by atoms with Gasteiger partial charge in [-0.05, 0) is 18.6 Å². The molecule has 4 nitrogen and oxygen atoms in total. The van der Waals surface area contributed by atoms with Gasteiger partial charge in [0.25, 0.3) is 5.91 Å². The number of carbonyl (C=O) groups is 1. The van der Waals surface area contributed by atoms with Crippen molar-refractivity contribution in [1.82, 2.24) is 0 Å². The summed E-state index contributed by atoms with van der Waals surface area (Å²) in [5.74, 6) is -0.964. The summed E-state index contributed by atoms with van der Waals surface area (Å²) >= 11 is 4.67. The average molecular weight is 256 g/mol. The standard InChI is InChI=1S/C11H13FN2O2S/c1-2-9(10(13)15)16-6-3-4-7(11(14)17)8(12)5-6/h3-5,9H,2H2,1H3,(H2,13,15)(H2,14,17). The fourth-order valence-corrected chi connectivity index (χ4v) is 1.44. The monoisotopic (exact) mass is 256 g/mol. The first-order chi connectivity index (χ1) is 7.95. The number of ether oxygens (including phenoxy) is 1. The van der Waals surface area contributed by atoms with Gasteiger partial charge in [0.05, 0.1) is 0 Å². The summed E-state index contributed by atoms with van der Waals surface area (Å²) in [5.41, 5.74) is 10.6. The topological polar surface area (TPSA) is 78.3 Å². The van der Waals surface area contributed by atoms with Gasteiger partial charge in [-0.3, -0.25) is 4.79 Å². The zero-order chi connectivity index (χ0) is 13.0. The summed E-state index contributed by atoms with van der Waals surface area (Å²) in [7, 11) is 0. The Bertz CT molecular complexity index is 451. The molecule has 0 saturated heterocycles. The first-order valence-corrected chi connectivity index (χ1v) is 5.41. The molecule has 1 aromatic rings. The van der Waals surface area contributed by atoms with Crippen LogP contribution in [-0.4, -0.2) is 17.0 Å². The molecule has 1 aromatic carbocycles. The molecular formula is C11H13FN2O2S. The van der Waals surface area contributed by atoms with Crippen molar-refractivity contribution in [3.63, 3.8) is 0 Å². The molecule has 0 bridgehead atoms. The molecule has 0 heterocycles. The van der Waals surface area contributed by atoms with E-state index in [0.717, 1.165) is 6.07 Å². The van der Waals surface area contributed by atoms with Gasteiger partial charge >= 0.3 is 0 Å². The third-order valence-corrected chi connectivity index (χ3v) is 2.39. The van der Waals surface area contributed by atoms with Gasteiger partial charge in [0.1, 0.15) is 16.6 Å². The minimum Gasteiger partial charge on any atom is -0.481 e. The molecule has 0 aliphatic rings. The summed E-state index contributed by atoms with van der Waals surface area (Å²) in [4.78, 5) is 10.9. The van der Waals surface area contributed by atoms with Crippen LogP contribution in [0.15, 0.2) is 18.2 Å². The van der Waals surface area contributed by atoms with E-state index in [4.69, 9.17) is 16.2 Å². The van der Waals surface area contributed by atoms with E-state index in [-0.39, 0.29) is 16.3 Å². The number of primary amides is 1. The Labute approximate surface area is 104 Å². The minimum atomic E-state index is -0.773. The number of halogens is 1. The van der Waals surface area contributed by atoms with E-state index in [0.29, 0.717) is 6.42 Å². The number of rotatable bonds is 5. The van der Waals surface area contributed by atoms with Crippen molar-refractivity contribution in [2.75, 3.05) is 0 Å². The van der Waals surface area contributed by atoms with Crippen LogP contribution in [0.5, 0.6) is 5.75 Å². The molecule has 1 atom stereocenters. The summed E-state index contributed by atoms with van der Waals surface area (Å²) in [6.07, 6.45) is -0.362. The predicted molar refractivity (Wildman–Crippen MR) is 66.2 cm³/mol. The summed E-state index contributed by atoms with van der Waals surface area (Å²) < 4.78 is 18.7. The fraction of sp³-hybridized carbons (Fsp3) is 0.273. The molecule has 0 spiro atoms. The Hall–Kier alpha value is -1.69. The Morgan fingerprint density at radius 3 is 2.59 bits per heavy atom. The normalized spacial score (nSPS) is 11.9. The molecule has 6 heteroatoms. The van der Waals surface area contributed by atoms with Crippen LogP contribution in [0, 0.1) is 5.82 Å². The lowest BCUT2D eigenvalue weighted by Crippen LogP contribution is -2.33. The number of hydrogen-bond acceptors (Lipinski definition) is 3. The van der Waals surface area contributed by atoms with E-state index in [1.807, 2.05) is 0 Å². The van der Waals surface area contributed by atoms with Crippen molar-refractivity contribution in [3.8, 4) is 5.75 Å². The molecule has 0 aliphatic heterocycles. The molecule has 0 aromatic heterocycles. The van der Waals surface area contributed by atoms with Crippen LogP contribution in [0.3, 0.4) is 0 Å². The number of amides is 1. The largest absolute Gasteiger partial charge is 0.481 e. The van der Waals surface area contributed by atoms with Gasteiger partial charge < -0.3 is 16.2 Å². The van der Waals surface area contributed by atoms with Crippen molar-refractivity contribution in [2.24, 2.45) is 11.5 Å².